The van der Waals surface area contributed by atoms with Crippen LogP contribution in [0.5, 0.6) is 11.5 Å². The number of nitrogens with one attached hydrogen (secondary N) is 1. The van der Waals surface area contributed by atoms with Gasteiger partial charge < -0.3 is 20.5 Å². The molecule has 154 valence electrons. The molecular formula is C20H13ClN6O3S. The average molecular weight is 453 g/mol. The molecule has 3 aromatic heterocycles. The number of hydrogen-bond acceptors (Lipinski definition) is 7. The van der Waals surface area contributed by atoms with Crippen molar-refractivity contribution < 1.29 is 15.0 Å². The second-order valence-corrected chi connectivity index (χ2v) is 8.18. The number of benzene rings is 2. The van der Waals surface area contributed by atoms with Gasteiger partial charge in [-0.15, -0.1) is 21.5 Å². The van der Waals surface area contributed by atoms with Crippen molar-refractivity contribution in [2.45, 2.75) is 0 Å². The van der Waals surface area contributed by atoms with Crippen molar-refractivity contribution in [3.05, 3.63) is 59.1 Å². The van der Waals surface area contributed by atoms with Crippen LogP contribution in [-0.2, 0) is 0 Å². The minimum Gasteiger partial charge on any atom is -0.508 e. The number of primary amides is 1. The van der Waals surface area contributed by atoms with Crippen molar-refractivity contribution in [1.82, 2.24) is 25.2 Å². The molecule has 0 spiro atoms. The second-order valence-electron chi connectivity index (χ2n) is 6.69. The molecule has 0 unspecified atom stereocenters. The summed E-state index contributed by atoms with van der Waals surface area (Å²) in [5, 5.41) is 34.5. The van der Waals surface area contributed by atoms with E-state index in [4.69, 9.17) is 17.3 Å². The summed E-state index contributed by atoms with van der Waals surface area (Å²) in [6, 6.07) is 13.2. The van der Waals surface area contributed by atoms with Crippen molar-refractivity contribution in [3.8, 4) is 39.1 Å². The summed E-state index contributed by atoms with van der Waals surface area (Å²) in [6.45, 7) is 0. The maximum Gasteiger partial charge on any atom is 0.252 e. The lowest BCUT2D eigenvalue weighted by Crippen LogP contribution is -2.11. The predicted octanol–water partition coefficient (Wildman–Crippen LogP) is 3.70. The van der Waals surface area contributed by atoms with Gasteiger partial charge in [0.05, 0.1) is 31.4 Å². The van der Waals surface area contributed by atoms with Gasteiger partial charge >= 0.3 is 0 Å². The highest BCUT2D eigenvalue weighted by Gasteiger charge is 2.20. The van der Waals surface area contributed by atoms with E-state index in [0.717, 1.165) is 20.8 Å². The second kappa shape index (κ2) is 7.11. The Morgan fingerprint density at radius 3 is 2.65 bits per heavy atom. The highest BCUT2D eigenvalue weighted by molar-refractivity contribution is 7.22. The first-order chi connectivity index (χ1) is 14.9. The summed E-state index contributed by atoms with van der Waals surface area (Å²) in [5.41, 5.74) is 8.16. The molecule has 5 aromatic rings. The normalized spacial score (nSPS) is 11.3. The Morgan fingerprint density at radius 1 is 1.13 bits per heavy atom. The zero-order chi connectivity index (χ0) is 21.7. The number of hydrogen-bond donors (Lipinski definition) is 4. The number of halogens is 1. The van der Waals surface area contributed by atoms with E-state index < -0.39 is 5.91 Å². The van der Waals surface area contributed by atoms with Crippen molar-refractivity contribution >= 4 is 39.1 Å². The van der Waals surface area contributed by atoms with Gasteiger partial charge in [-0.3, -0.25) is 4.79 Å². The fourth-order valence-electron chi connectivity index (χ4n) is 3.42. The van der Waals surface area contributed by atoms with Crippen LogP contribution in [0.25, 0.3) is 37.9 Å². The van der Waals surface area contributed by atoms with E-state index in [0.29, 0.717) is 22.1 Å². The van der Waals surface area contributed by atoms with Gasteiger partial charge in [-0.25, -0.2) is 0 Å². The van der Waals surface area contributed by atoms with Crippen molar-refractivity contribution in [2.75, 3.05) is 0 Å². The topological polar surface area (TPSA) is 143 Å². The van der Waals surface area contributed by atoms with Gasteiger partial charge in [0.2, 0.25) is 5.82 Å². The minimum atomic E-state index is -0.724. The third kappa shape index (κ3) is 3.18. The Morgan fingerprint density at radius 2 is 1.97 bits per heavy atom. The van der Waals surface area contributed by atoms with Crippen LogP contribution < -0.4 is 5.73 Å². The number of carbonyl (C=O) groups is 1. The molecule has 1 amide bonds. The molecule has 0 aliphatic carbocycles. The number of phenolic OH excluding ortho intramolecular Hbond substituents is 1. The largest absolute Gasteiger partial charge is 0.508 e. The van der Waals surface area contributed by atoms with Crippen LogP contribution in [0.4, 0.5) is 0 Å². The van der Waals surface area contributed by atoms with Crippen molar-refractivity contribution in [3.63, 3.8) is 0 Å². The molecule has 0 bridgehead atoms. The van der Waals surface area contributed by atoms with Crippen LogP contribution in [0, 0.1) is 0 Å². The first kappa shape index (κ1) is 19.1. The summed E-state index contributed by atoms with van der Waals surface area (Å²) >= 11 is 7.88. The number of thiophene rings is 1. The number of aromatic amines is 1. The molecule has 0 saturated heterocycles. The molecular weight excluding hydrogens is 440 g/mol. The van der Waals surface area contributed by atoms with Crippen LogP contribution >= 0.6 is 22.9 Å². The number of amides is 1. The Balaban J connectivity index is 1.78. The fraction of sp³-hybridized carbons (Fsp3) is 0. The molecule has 3 heterocycles. The van der Waals surface area contributed by atoms with E-state index in [9.17, 15) is 15.0 Å². The number of H-pyrrole nitrogens is 1. The van der Waals surface area contributed by atoms with E-state index >= 15 is 0 Å². The molecule has 5 rings (SSSR count). The molecule has 0 atom stereocenters. The maximum atomic E-state index is 11.5. The van der Waals surface area contributed by atoms with Gasteiger partial charge in [-0.1, -0.05) is 11.6 Å². The zero-order valence-electron chi connectivity index (χ0n) is 15.6. The molecule has 0 aliphatic heterocycles. The number of tetrazole rings is 1. The number of nitrogens with two attached hydrogens (primary N) is 1. The Labute approximate surface area is 183 Å². The van der Waals surface area contributed by atoms with Crippen molar-refractivity contribution in [2.24, 2.45) is 5.73 Å². The summed E-state index contributed by atoms with van der Waals surface area (Å²) in [6.07, 6.45) is 0. The molecule has 9 nitrogen and oxygen atoms in total. The third-order valence-electron chi connectivity index (χ3n) is 4.79. The van der Waals surface area contributed by atoms with E-state index in [2.05, 4.69) is 20.6 Å². The highest BCUT2D eigenvalue weighted by atomic mass is 35.5. The van der Waals surface area contributed by atoms with Gasteiger partial charge in [0.25, 0.3) is 5.91 Å². The van der Waals surface area contributed by atoms with Crippen LogP contribution in [0.15, 0.2) is 48.5 Å². The van der Waals surface area contributed by atoms with Crippen LogP contribution in [-0.4, -0.2) is 41.3 Å². The summed E-state index contributed by atoms with van der Waals surface area (Å²) in [4.78, 5) is 12.3. The lowest BCUT2D eigenvalue weighted by Gasteiger charge is -2.13. The van der Waals surface area contributed by atoms with Gasteiger partial charge in [0.1, 0.15) is 11.5 Å². The van der Waals surface area contributed by atoms with E-state index in [1.165, 1.54) is 29.5 Å². The number of aromatic nitrogens is 5. The highest BCUT2D eigenvalue weighted by Crippen LogP contribution is 2.41. The Kier molecular flexibility index (Phi) is 4.38. The van der Waals surface area contributed by atoms with Gasteiger partial charge in [-0.2, -0.15) is 5.21 Å². The number of carbonyl (C=O) groups excluding carboxylic acids is 1. The Bertz CT molecular complexity index is 1460. The number of nitrogens with zero attached hydrogens (tertiary/aromatic N) is 4. The predicted molar refractivity (Wildman–Crippen MR) is 117 cm³/mol. The average Bonchev–Trinajstić information content (AvgIpc) is 3.43. The molecule has 0 saturated carbocycles. The standard InChI is InChI=1S/C20H13ClN6O3S/c21-13-6-10(28)2-4-11(13)14-7-17-15(8-18(31-17)20-23-25-26-24-20)27(14)9-1-3-12(19(22)30)16(29)5-9/h1-8,28-29H,(H2,22,30)(H,23,24,25,26). The molecule has 11 heteroatoms. The summed E-state index contributed by atoms with van der Waals surface area (Å²) in [5.74, 6) is -0.443. The molecule has 0 aliphatic rings. The number of fused-ring (bicyclic) bond motifs is 1. The minimum absolute atomic E-state index is 0.0224. The SMILES string of the molecule is NC(=O)c1ccc(-n2c(-c3ccc(O)cc3Cl)cc3sc(-c4nn[nH]n4)cc32)cc1O. The zero-order valence-corrected chi connectivity index (χ0v) is 17.1. The number of aromatic hydroxyl groups is 2. The van der Waals surface area contributed by atoms with Gasteiger partial charge in [0.15, 0.2) is 0 Å². The smallest absolute Gasteiger partial charge is 0.252 e. The van der Waals surface area contributed by atoms with Crippen LogP contribution in [0.3, 0.4) is 0 Å². The lowest BCUT2D eigenvalue weighted by atomic mass is 10.1. The molecule has 2 aromatic carbocycles. The first-order valence-corrected chi connectivity index (χ1v) is 10.1. The van der Waals surface area contributed by atoms with Gasteiger partial charge in [-0.05, 0) is 47.7 Å². The number of rotatable bonds is 4. The quantitative estimate of drug-likeness (QED) is 0.327. The third-order valence-corrected chi connectivity index (χ3v) is 6.17. The van der Waals surface area contributed by atoms with Crippen molar-refractivity contribution in [1.29, 1.82) is 0 Å². The van der Waals surface area contributed by atoms with Crippen LogP contribution in [0.2, 0.25) is 5.02 Å². The van der Waals surface area contributed by atoms with Crippen LogP contribution in [0.1, 0.15) is 10.4 Å². The molecule has 0 radical (unpaired) electrons. The van der Waals surface area contributed by atoms with E-state index in [1.54, 1.807) is 18.2 Å². The lowest BCUT2D eigenvalue weighted by molar-refractivity contribution is 0.0998. The monoisotopic (exact) mass is 452 g/mol. The summed E-state index contributed by atoms with van der Waals surface area (Å²) < 4.78 is 2.80. The molecule has 5 N–H and O–H groups in total. The maximum absolute atomic E-state index is 11.5. The molecule has 31 heavy (non-hydrogen) atoms. The first-order valence-electron chi connectivity index (χ1n) is 8.93. The van der Waals surface area contributed by atoms with Gasteiger partial charge in [0, 0.05) is 17.3 Å². The van der Waals surface area contributed by atoms with E-state index in [-0.39, 0.29) is 17.1 Å². The fourth-order valence-corrected chi connectivity index (χ4v) is 4.71. The van der Waals surface area contributed by atoms with E-state index in [1.807, 2.05) is 16.7 Å². The Hall–Kier alpha value is -3.89. The summed E-state index contributed by atoms with van der Waals surface area (Å²) in [7, 11) is 0. The molecule has 0 fully saturated rings. The number of phenols is 2.